The van der Waals surface area contributed by atoms with Crippen molar-refractivity contribution in [3.63, 3.8) is 0 Å². The number of carbonyl (C=O) groups is 3. The van der Waals surface area contributed by atoms with Crippen molar-refractivity contribution in [2.45, 2.75) is 17.1 Å². The number of non-ortho nitro benzene ring substituents is 1. The van der Waals surface area contributed by atoms with Gasteiger partial charge in [-0.2, -0.15) is 0 Å². The van der Waals surface area contributed by atoms with Crippen molar-refractivity contribution in [1.29, 1.82) is 0 Å². The number of carbonyl (C=O) groups excluding carboxylic acids is 3. The maximum Gasteiger partial charge on any atom is 0.272 e. The Kier molecular flexibility index (Phi) is 9.63. The van der Waals surface area contributed by atoms with Crippen molar-refractivity contribution in [1.82, 2.24) is 5.32 Å². The van der Waals surface area contributed by atoms with E-state index in [1.54, 1.807) is 61.5 Å². The van der Waals surface area contributed by atoms with E-state index in [2.05, 4.69) is 16.0 Å². The van der Waals surface area contributed by atoms with E-state index in [-0.39, 0.29) is 17.3 Å². The molecule has 0 aromatic heterocycles. The summed E-state index contributed by atoms with van der Waals surface area (Å²) >= 11 is 1.28. The van der Waals surface area contributed by atoms with Crippen LogP contribution in [-0.2, 0) is 9.59 Å². The predicted molar refractivity (Wildman–Crippen MR) is 160 cm³/mol. The molecule has 206 valence electrons. The summed E-state index contributed by atoms with van der Waals surface area (Å²) < 4.78 is 0. The number of hydrogen-bond donors (Lipinski definition) is 3. The van der Waals surface area contributed by atoms with Crippen molar-refractivity contribution in [3.05, 3.63) is 136 Å². The Balaban J connectivity index is 1.44. The lowest BCUT2D eigenvalue weighted by atomic mass is 10.1. The molecule has 1 atom stereocenters. The fourth-order valence-corrected chi connectivity index (χ4v) is 4.60. The number of benzene rings is 4. The van der Waals surface area contributed by atoms with Gasteiger partial charge in [-0.05, 0) is 61.0 Å². The number of anilines is 2. The Labute approximate surface area is 240 Å². The van der Waals surface area contributed by atoms with Crippen LogP contribution in [-0.4, -0.2) is 27.9 Å². The first-order valence-corrected chi connectivity index (χ1v) is 13.4. The summed E-state index contributed by atoms with van der Waals surface area (Å²) in [4.78, 5) is 49.9. The molecule has 0 saturated carbocycles. The van der Waals surface area contributed by atoms with Crippen LogP contribution in [0.2, 0.25) is 0 Å². The standard InChI is InChI=1S/C31H26N4O5S/c1-21(29(36)32-24-15-17-26(18-16-24)35(39)40)41-27-14-8-13-25(20-27)33-31(38)28(19-22-9-4-2-5-10-22)34-30(37)23-11-6-3-7-12-23/h2-21H,1H3,(H,32,36)(H,33,38)(H,34,37)/b28-19-. The maximum absolute atomic E-state index is 13.3. The fraction of sp³-hybridized carbons (Fsp3) is 0.0645. The van der Waals surface area contributed by atoms with Crippen LogP contribution in [0.15, 0.2) is 120 Å². The molecule has 0 radical (unpaired) electrons. The SMILES string of the molecule is CC(Sc1cccc(NC(=O)/C(=C/c2ccccc2)NC(=O)c2ccccc2)c1)C(=O)Nc1ccc([N+](=O)[O-])cc1. The molecule has 4 aromatic carbocycles. The van der Waals surface area contributed by atoms with Crippen LogP contribution < -0.4 is 16.0 Å². The smallest absolute Gasteiger partial charge is 0.272 e. The van der Waals surface area contributed by atoms with Gasteiger partial charge < -0.3 is 16.0 Å². The third kappa shape index (κ3) is 8.38. The number of amides is 3. The molecule has 9 nitrogen and oxygen atoms in total. The highest BCUT2D eigenvalue weighted by Gasteiger charge is 2.18. The van der Waals surface area contributed by atoms with Gasteiger partial charge >= 0.3 is 0 Å². The lowest BCUT2D eigenvalue weighted by Crippen LogP contribution is -2.30. The Hall–Kier alpha value is -5.22. The molecule has 1 unspecified atom stereocenters. The normalized spacial score (nSPS) is 11.7. The van der Waals surface area contributed by atoms with Gasteiger partial charge in [0, 0.05) is 34.0 Å². The topological polar surface area (TPSA) is 130 Å². The summed E-state index contributed by atoms with van der Waals surface area (Å²) in [5.74, 6) is -1.21. The van der Waals surface area contributed by atoms with Crippen LogP contribution in [0.25, 0.3) is 6.08 Å². The van der Waals surface area contributed by atoms with Crippen molar-refractivity contribution in [3.8, 4) is 0 Å². The molecule has 0 aliphatic rings. The van der Waals surface area contributed by atoms with E-state index < -0.39 is 22.0 Å². The molecular weight excluding hydrogens is 540 g/mol. The quantitative estimate of drug-likeness (QED) is 0.0917. The molecule has 0 spiro atoms. The van der Waals surface area contributed by atoms with E-state index >= 15 is 0 Å². The Morgan fingerprint density at radius 2 is 1.46 bits per heavy atom. The van der Waals surface area contributed by atoms with Crippen LogP contribution in [0.3, 0.4) is 0 Å². The van der Waals surface area contributed by atoms with Crippen molar-refractivity contribution in [2.75, 3.05) is 10.6 Å². The van der Waals surface area contributed by atoms with E-state index in [1.807, 2.05) is 36.4 Å². The number of nitro groups is 1. The van der Waals surface area contributed by atoms with Gasteiger partial charge in [0.25, 0.3) is 17.5 Å². The molecule has 0 saturated heterocycles. The summed E-state index contributed by atoms with van der Waals surface area (Å²) in [6, 6.07) is 30.4. The minimum absolute atomic E-state index is 0.0642. The zero-order chi connectivity index (χ0) is 29.2. The molecule has 0 fully saturated rings. The average Bonchev–Trinajstić information content (AvgIpc) is 2.98. The third-order valence-corrected chi connectivity index (χ3v) is 6.85. The molecule has 10 heteroatoms. The second-order valence-corrected chi connectivity index (χ2v) is 10.2. The number of nitro benzene ring substituents is 1. The van der Waals surface area contributed by atoms with Crippen LogP contribution in [0.1, 0.15) is 22.8 Å². The number of nitrogens with zero attached hydrogens (tertiary/aromatic N) is 1. The van der Waals surface area contributed by atoms with Crippen LogP contribution in [0.5, 0.6) is 0 Å². The van der Waals surface area contributed by atoms with Gasteiger partial charge in [-0.1, -0.05) is 54.6 Å². The molecule has 4 rings (SSSR count). The van der Waals surface area contributed by atoms with Crippen LogP contribution in [0.4, 0.5) is 17.1 Å². The Morgan fingerprint density at radius 3 is 2.12 bits per heavy atom. The summed E-state index contributed by atoms with van der Waals surface area (Å²) in [5, 5.41) is 18.6. The zero-order valence-corrected chi connectivity index (χ0v) is 22.8. The van der Waals surface area contributed by atoms with Gasteiger partial charge in [0.1, 0.15) is 5.70 Å². The number of thioether (sulfide) groups is 1. The van der Waals surface area contributed by atoms with E-state index in [9.17, 15) is 24.5 Å². The summed E-state index contributed by atoms with van der Waals surface area (Å²) in [6.45, 7) is 1.73. The van der Waals surface area contributed by atoms with E-state index in [1.165, 1.54) is 36.0 Å². The largest absolute Gasteiger partial charge is 0.325 e. The summed E-state index contributed by atoms with van der Waals surface area (Å²) in [7, 11) is 0. The zero-order valence-electron chi connectivity index (χ0n) is 21.9. The molecule has 0 aliphatic heterocycles. The molecule has 0 bridgehead atoms. The van der Waals surface area contributed by atoms with Crippen molar-refractivity contribution in [2.24, 2.45) is 0 Å². The van der Waals surface area contributed by atoms with Gasteiger partial charge in [-0.15, -0.1) is 11.8 Å². The van der Waals surface area contributed by atoms with Crippen molar-refractivity contribution < 1.29 is 19.3 Å². The van der Waals surface area contributed by atoms with E-state index in [0.717, 1.165) is 10.5 Å². The molecule has 3 amide bonds. The number of hydrogen-bond acceptors (Lipinski definition) is 6. The fourth-order valence-electron chi connectivity index (χ4n) is 3.67. The van der Waals surface area contributed by atoms with Crippen LogP contribution >= 0.6 is 11.8 Å². The minimum Gasteiger partial charge on any atom is -0.325 e. The summed E-state index contributed by atoms with van der Waals surface area (Å²) in [5.41, 5.74) is 2.09. The second kappa shape index (κ2) is 13.7. The van der Waals surface area contributed by atoms with E-state index in [4.69, 9.17) is 0 Å². The highest BCUT2D eigenvalue weighted by Crippen LogP contribution is 2.27. The van der Waals surface area contributed by atoms with Gasteiger partial charge in [0.15, 0.2) is 0 Å². The molecule has 3 N–H and O–H groups in total. The minimum atomic E-state index is -0.510. The Bertz CT molecular complexity index is 1580. The van der Waals surface area contributed by atoms with Gasteiger partial charge in [-0.25, -0.2) is 0 Å². The Morgan fingerprint density at radius 1 is 0.805 bits per heavy atom. The monoisotopic (exact) mass is 566 g/mol. The average molecular weight is 567 g/mol. The lowest BCUT2D eigenvalue weighted by Gasteiger charge is -2.14. The van der Waals surface area contributed by atoms with E-state index in [0.29, 0.717) is 16.9 Å². The lowest BCUT2D eigenvalue weighted by molar-refractivity contribution is -0.384. The predicted octanol–water partition coefficient (Wildman–Crippen LogP) is 6.12. The highest BCUT2D eigenvalue weighted by molar-refractivity contribution is 8.00. The first kappa shape index (κ1) is 28.8. The molecule has 0 heterocycles. The second-order valence-electron chi connectivity index (χ2n) is 8.82. The molecule has 4 aromatic rings. The summed E-state index contributed by atoms with van der Waals surface area (Å²) in [6.07, 6.45) is 1.60. The van der Waals surface area contributed by atoms with Gasteiger partial charge in [0.2, 0.25) is 5.91 Å². The first-order chi connectivity index (χ1) is 19.8. The first-order valence-electron chi connectivity index (χ1n) is 12.5. The van der Waals surface area contributed by atoms with Gasteiger partial charge in [0.05, 0.1) is 10.2 Å². The molecule has 41 heavy (non-hydrogen) atoms. The number of nitrogens with one attached hydrogen (secondary N) is 3. The maximum atomic E-state index is 13.3. The molecular formula is C31H26N4O5S. The number of rotatable bonds is 10. The highest BCUT2D eigenvalue weighted by atomic mass is 32.2. The van der Waals surface area contributed by atoms with Gasteiger partial charge in [-0.3, -0.25) is 24.5 Å². The van der Waals surface area contributed by atoms with Crippen molar-refractivity contribution >= 4 is 52.6 Å². The van der Waals surface area contributed by atoms with Crippen LogP contribution in [0, 0.1) is 10.1 Å². The third-order valence-electron chi connectivity index (χ3n) is 5.76. The molecule has 0 aliphatic carbocycles.